The summed E-state index contributed by atoms with van der Waals surface area (Å²) < 4.78 is 3.33. The van der Waals surface area contributed by atoms with E-state index in [9.17, 15) is 14.9 Å². The van der Waals surface area contributed by atoms with Crippen LogP contribution in [0.25, 0.3) is 0 Å². The number of nitrogens with zero attached hydrogens (tertiary/aromatic N) is 6. The highest BCUT2D eigenvalue weighted by atomic mass is 16.6. The predicted octanol–water partition coefficient (Wildman–Crippen LogP) is 2.21. The van der Waals surface area contributed by atoms with Crippen LogP contribution in [-0.4, -0.2) is 36.6 Å². The predicted molar refractivity (Wildman–Crippen MR) is 103 cm³/mol. The van der Waals surface area contributed by atoms with Crippen molar-refractivity contribution in [3.8, 4) is 0 Å². The van der Waals surface area contributed by atoms with E-state index < -0.39 is 10.8 Å². The zero-order valence-corrected chi connectivity index (χ0v) is 16.2. The average molecular weight is 397 g/mol. The molecule has 10 nitrogen and oxygen atoms in total. The van der Waals surface area contributed by atoms with Crippen LogP contribution >= 0.6 is 0 Å². The molecule has 0 atom stereocenters. The molecule has 0 saturated heterocycles. The zero-order chi connectivity index (χ0) is 20.2. The molecule has 4 aliphatic carbocycles. The van der Waals surface area contributed by atoms with Crippen LogP contribution in [0.3, 0.4) is 0 Å². The molecule has 0 aromatic carbocycles. The van der Waals surface area contributed by atoms with Crippen molar-refractivity contribution < 1.29 is 9.72 Å². The molecule has 4 fully saturated rings. The molecule has 4 bridgehead atoms. The van der Waals surface area contributed by atoms with E-state index in [-0.39, 0.29) is 16.9 Å². The summed E-state index contributed by atoms with van der Waals surface area (Å²) in [5, 5.41) is 23.9. The van der Waals surface area contributed by atoms with E-state index in [0.29, 0.717) is 23.4 Å². The van der Waals surface area contributed by atoms with Crippen LogP contribution < -0.4 is 5.43 Å². The Bertz CT molecular complexity index is 970. The molecular weight excluding hydrogens is 374 g/mol. The lowest BCUT2D eigenvalue weighted by molar-refractivity contribution is -0.385. The fourth-order valence-corrected chi connectivity index (χ4v) is 5.97. The second kappa shape index (κ2) is 6.50. The van der Waals surface area contributed by atoms with E-state index in [1.165, 1.54) is 31.7 Å². The molecule has 1 amide bonds. The Balaban J connectivity index is 1.41. The quantitative estimate of drug-likeness (QED) is 0.471. The summed E-state index contributed by atoms with van der Waals surface area (Å²) >= 11 is 0. The smallest absolute Gasteiger partial charge is 0.267 e. The summed E-state index contributed by atoms with van der Waals surface area (Å²) in [5.41, 5.74) is 2.41. The maximum Gasteiger partial charge on any atom is 0.320 e. The molecule has 4 saturated carbocycles. The van der Waals surface area contributed by atoms with E-state index >= 15 is 0 Å². The molecule has 4 aliphatic rings. The summed E-state index contributed by atoms with van der Waals surface area (Å²) in [6.45, 7) is 0. The minimum Gasteiger partial charge on any atom is -0.267 e. The first kappa shape index (κ1) is 18.0. The van der Waals surface area contributed by atoms with Gasteiger partial charge in [-0.2, -0.15) is 15.3 Å². The first-order valence-corrected chi connectivity index (χ1v) is 9.99. The minimum absolute atomic E-state index is 0.185. The molecule has 152 valence electrons. The summed E-state index contributed by atoms with van der Waals surface area (Å²) in [6.07, 6.45) is 11.3. The van der Waals surface area contributed by atoms with Crippen molar-refractivity contribution in [2.24, 2.45) is 29.9 Å². The van der Waals surface area contributed by atoms with Gasteiger partial charge in [0.05, 0.1) is 22.4 Å². The van der Waals surface area contributed by atoms with Crippen molar-refractivity contribution in [2.75, 3.05) is 0 Å². The van der Waals surface area contributed by atoms with E-state index in [1.807, 2.05) is 0 Å². The van der Waals surface area contributed by atoms with Crippen LogP contribution in [-0.2, 0) is 12.6 Å². The second-order valence-electron chi connectivity index (χ2n) is 8.79. The van der Waals surface area contributed by atoms with Crippen molar-refractivity contribution >= 4 is 17.8 Å². The van der Waals surface area contributed by atoms with Crippen LogP contribution in [0.1, 0.15) is 54.7 Å². The van der Waals surface area contributed by atoms with Crippen LogP contribution in [0.4, 0.5) is 5.69 Å². The Kier molecular flexibility index (Phi) is 4.04. The van der Waals surface area contributed by atoms with E-state index in [1.54, 1.807) is 28.7 Å². The molecule has 2 aromatic rings. The molecule has 2 heterocycles. The fraction of sp³-hybridized carbons (Fsp3) is 0.579. The molecule has 0 spiro atoms. The number of carbonyl (C=O) groups is 1. The van der Waals surface area contributed by atoms with Crippen molar-refractivity contribution in [1.82, 2.24) is 25.0 Å². The third-order valence-electron chi connectivity index (χ3n) is 6.82. The highest BCUT2D eigenvalue weighted by Gasteiger charge is 2.53. The van der Waals surface area contributed by atoms with Gasteiger partial charge in [-0.25, -0.2) is 5.43 Å². The van der Waals surface area contributed by atoms with Crippen LogP contribution in [0.15, 0.2) is 23.6 Å². The number of aromatic nitrogens is 4. The Morgan fingerprint density at radius 3 is 2.52 bits per heavy atom. The number of hydrazone groups is 1. The van der Waals surface area contributed by atoms with Gasteiger partial charge in [-0.1, -0.05) is 0 Å². The second-order valence-corrected chi connectivity index (χ2v) is 8.79. The summed E-state index contributed by atoms with van der Waals surface area (Å²) in [4.78, 5) is 23.7. The Morgan fingerprint density at radius 2 is 1.97 bits per heavy atom. The maximum absolute atomic E-state index is 12.6. The lowest BCUT2D eigenvalue weighted by Gasteiger charge is -2.56. The lowest BCUT2D eigenvalue weighted by atomic mass is 9.53. The maximum atomic E-state index is 12.6. The van der Waals surface area contributed by atoms with Gasteiger partial charge in [0.25, 0.3) is 5.91 Å². The molecule has 10 heteroatoms. The average Bonchev–Trinajstić information content (AvgIpc) is 3.28. The van der Waals surface area contributed by atoms with Gasteiger partial charge in [-0.3, -0.25) is 24.3 Å². The van der Waals surface area contributed by atoms with Crippen molar-refractivity contribution in [2.45, 2.75) is 44.1 Å². The van der Waals surface area contributed by atoms with Crippen LogP contribution in [0, 0.1) is 27.9 Å². The van der Waals surface area contributed by atoms with Gasteiger partial charge in [0.2, 0.25) is 5.69 Å². The molecule has 1 N–H and O–H groups in total. The molecule has 0 aliphatic heterocycles. The van der Waals surface area contributed by atoms with Crippen molar-refractivity contribution in [3.05, 3.63) is 40.0 Å². The van der Waals surface area contributed by atoms with Gasteiger partial charge < -0.3 is 0 Å². The number of rotatable bonds is 5. The van der Waals surface area contributed by atoms with Gasteiger partial charge >= 0.3 is 5.69 Å². The normalized spacial score (nSPS) is 30.2. The van der Waals surface area contributed by atoms with Crippen molar-refractivity contribution in [3.63, 3.8) is 0 Å². The highest BCUT2D eigenvalue weighted by molar-refractivity contribution is 5.96. The van der Waals surface area contributed by atoms with Gasteiger partial charge in [0.1, 0.15) is 6.20 Å². The van der Waals surface area contributed by atoms with Gasteiger partial charge in [0.15, 0.2) is 0 Å². The summed E-state index contributed by atoms with van der Waals surface area (Å²) in [5.74, 6) is 1.33. The van der Waals surface area contributed by atoms with Crippen molar-refractivity contribution in [1.29, 1.82) is 0 Å². The largest absolute Gasteiger partial charge is 0.320 e. The molecule has 0 unspecified atom stereocenters. The summed E-state index contributed by atoms with van der Waals surface area (Å²) in [7, 11) is 1.75. The third kappa shape index (κ3) is 3.02. The number of nitro groups is 1. The number of carbonyl (C=O) groups excluding carboxylic acids is 1. The monoisotopic (exact) mass is 397 g/mol. The standard InChI is InChI=1S/C19H23N7O3/c1-24-15(2-3-21-24)10-20-22-18(27)17-16(26(28)29)11-25(23-17)19-7-12-4-13(8-19)6-14(5-12)9-19/h2-3,10-14H,4-9H2,1H3,(H,22,27)/b20-10+. The third-order valence-corrected chi connectivity index (χ3v) is 6.82. The number of aryl methyl sites for hydroxylation is 1. The first-order valence-electron chi connectivity index (χ1n) is 9.99. The Hall–Kier alpha value is -3.04. The summed E-state index contributed by atoms with van der Waals surface area (Å²) in [6, 6.07) is 1.74. The number of hydrogen-bond donors (Lipinski definition) is 1. The Labute approximate surface area is 167 Å². The fourth-order valence-electron chi connectivity index (χ4n) is 5.97. The van der Waals surface area contributed by atoms with Crippen LogP contribution in [0.2, 0.25) is 0 Å². The van der Waals surface area contributed by atoms with Crippen LogP contribution in [0.5, 0.6) is 0 Å². The zero-order valence-electron chi connectivity index (χ0n) is 16.2. The molecule has 2 aromatic heterocycles. The first-order chi connectivity index (χ1) is 13.9. The lowest BCUT2D eigenvalue weighted by Crippen LogP contribution is -2.52. The molecule has 0 radical (unpaired) electrons. The molecule has 6 rings (SSSR count). The topological polar surface area (TPSA) is 120 Å². The van der Waals surface area contributed by atoms with E-state index in [0.717, 1.165) is 19.3 Å². The van der Waals surface area contributed by atoms with E-state index in [2.05, 4.69) is 20.7 Å². The van der Waals surface area contributed by atoms with Gasteiger partial charge in [0, 0.05) is 13.2 Å². The molecule has 29 heavy (non-hydrogen) atoms. The number of hydrogen-bond acceptors (Lipinski definition) is 6. The number of amides is 1. The van der Waals surface area contributed by atoms with E-state index in [4.69, 9.17) is 0 Å². The van der Waals surface area contributed by atoms with Gasteiger partial charge in [-0.05, 0) is 62.3 Å². The van der Waals surface area contributed by atoms with Gasteiger partial charge in [-0.15, -0.1) is 0 Å². The minimum atomic E-state index is -0.682. The SMILES string of the molecule is Cn1nccc1/C=N/NC(=O)c1nn(C23CC4CC(CC(C4)C2)C3)cc1[N+](=O)[O-]. The highest BCUT2D eigenvalue weighted by Crippen LogP contribution is 2.58. The number of nitrogens with one attached hydrogen (secondary N) is 1. The Morgan fingerprint density at radius 1 is 1.31 bits per heavy atom. The molecular formula is C19H23N7O3.